The van der Waals surface area contributed by atoms with E-state index in [0.29, 0.717) is 10.9 Å². The lowest BCUT2D eigenvalue weighted by Crippen LogP contribution is -2.08. The molecule has 7 nitrogen and oxygen atoms in total. The molecule has 1 heterocycles. The molecule has 0 aliphatic carbocycles. The number of nitro groups is 1. The van der Waals surface area contributed by atoms with Crippen LogP contribution in [-0.2, 0) is 4.74 Å². The Kier molecular flexibility index (Phi) is 4.98. The quantitative estimate of drug-likeness (QED) is 0.381. The Bertz CT molecular complexity index is 1050. The Morgan fingerprint density at radius 2 is 2.04 bits per heavy atom. The van der Waals surface area contributed by atoms with Gasteiger partial charge >= 0.3 is 5.97 Å². The maximum atomic E-state index is 13.6. The van der Waals surface area contributed by atoms with Crippen molar-refractivity contribution in [2.24, 2.45) is 0 Å². The second kappa shape index (κ2) is 7.36. The molecule has 0 radical (unpaired) electrons. The number of hydrogen-bond acceptors (Lipinski definition) is 6. The number of esters is 1. The van der Waals surface area contributed by atoms with Crippen LogP contribution in [0.2, 0.25) is 0 Å². The van der Waals surface area contributed by atoms with E-state index in [1.807, 2.05) is 0 Å². The molecule has 8 heteroatoms. The minimum atomic E-state index is -0.616. The minimum Gasteiger partial charge on any atom is -0.480 e. The summed E-state index contributed by atoms with van der Waals surface area (Å²) in [5.41, 5.74) is 0.704. The number of fused-ring (bicyclic) bond motifs is 1. The van der Waals surface area contributed by atoms with Gasteiger partial charge < -0.3 is 9.47 Å². The van der Waals surface area contributed by atoms with Gasteiger partial charge in [-0.1, -0.05) is 12.1 Å². The third kappa shape index (κ3) is 3.55. The highest BCUT2D eigenvalue weighted by Gasteiger charge is 2.21. The number of ether oxygens (including phenoxy) is 2. The topological polar surface area (TPSA) is 91.6 Å². The van der Waals surface area contributed by atoms with Gasteiger partial charge in [-0.25, -0.2) is 14.2 Å². The number of aromatic nitrogens is 1. The summed E-state index contributed by atoms with van der Waals surface area (Å²) in [6.07, 6.45) is 0. The van der Waals surface area contributed by atoms with Crippen LogP contribution in [-0.4, -0.2) is 29.6 Å². The molecule has 0 unspecified atom stereocenters. The van der Waals surface area contributed by atoms with Crippen molar-refractivity contribution < 1.29 is 23.6 Å². The monoisotopic (exact) mass is 370 g/mol. The molecule has 0 saturated heterocycles. The number of halogens is 1. The zero-order chi connectivity index (χ0) is 19.6. The van der Waals surface area contributed by atoms with Crippen LogP contribution < -0.4 is 4.74 Å². The second-order valence-electron chi connectivity index (χ2n) is 5.60. The van der Waals surface area contributed by atoms with Crippen molar-refractivity contribution in [2.45, 2.75) is 6.92 Å². The molecule has 0 atom stereocenters. The van der Waals surface area contributed by atoms with Gasteiger partial charge in [-0.05, 0) is 36.8 Å². The third-order valence-electron chi connectivity index (χ3n) is 3.92. The summed E-state index contributed by atoms with van der Waals surface area (Å²) in [6.45, 7) is 1.85. The average Bonchev–Trinajstić information content (AvgIpc) is 2.65. The van der Waals surface area contributed by atoms with E-state index >= 15 is 0 Å². The van der Waals surface area contributed by atoms with Crippen molar-refractivity contribution in [3.63, 3.8) is 0 Å². The van der Waals surface area contributed by atoms with Crippen LogP contribution in [0.3, 0.4) is 0 Å². The third-order valence-corrected chi connectivity index (χ3v) is 3.92. The van der Waals surface area contributed by atoms with E-state index < -0.39 is 16.7 Å². The van der Waals surface area contributed by atoms with Gasteiger partial charge in [0.15, 0.2) is 0 Å². The number of carbonyl (C=O) groups excluding carboxylic acids is 1. The smallest absolute Gasteiger partial charge is 0.343 e. The van der Waals surface area contributed by atoms with Gasteiger partial charge in [0.2, 0.25) is 5.88 Å². The van der Waals surface area contributed by atoms with Crippen LogP contribution in [0.25, 0.3) is 22.0 Å². The Hall–Kier alpha value is -3.55. The molecule has 0 aliphatic rings. The SMILES string of the molecule is CCOC(=O)c1cc2cc(-c3cccc(F)c3)c([N+](=O)[O-])cc2nc1OC. The predicted octanol–water partition coefficient (Wildman–Crippen LogP) is 4.13. The summed E-state index contributed by atoms with van der Waals surface area (Å²) < 4.78 is 23.7. The van der Waals surface area contributed by atoms with Gasteiger partial charge in [0, 0.05) is 11.5 Å². The van der Waals surface area contributed by atoms with E-state index in [1.165, 1.54) is 43.5 Å². The summed E-state index contributed by atoms with van der Waals surface area (Å²) in [5, 5.41) is 12.0. The lowest BCUT2D eigenvalue weighted by atomic mass is 10.00. The van der Waals surface area contributed by atoms with Crippen LogP contribution in [0, 0.1) is 15.9 Å². The van der Waals surface area contributed by atoms with Crippen LogP contribution in [0.4, 0.5) is 10.1 Å². The molecule has 2 aromatic carbocycles. The summed E-state index contributed by atoms with van der Waals surface area (Å²) in [4.78, 5) is 27.3. The van der Waals surface area contributed by atoms with Crippen molar-refractivity contribution in [2.75, 3.05) is 13.7 Å². The van der Waals surface area contributed by atoms with Gasteiger partial charge in [0.1, 0.15) is 11.4 Å². The van der Waals surface area contributed by atoms with Gasteiger partial charge in [0.25, 0.3) is 5.69 Å². The van der Waals surface area contributed by atoms with E-state index in [0.717, 1.165) is 0 Å². The van der Waals surface area contributed by atoms with Crippen molar-refractivity contribution >= 4 is 22.6 Å². The standard InChI is InChI=1S/C19H15FN2O5/c1-3-27-19(23)15-9-12-8-14(11-5-4-6-13(20)7-11)17(22(24)25)10-16(12)21-18(15)26-2/h4-10H,3H2,1-2H3. The fourth-order valence-electron chi connectivity index (χ4n) is 2.74. The average molecular weight is 370 g/mol. The molecule has 138 valence electrons. The summed E-state index contributed by atoms with van der Waals surface area (Å²) in [5.74, 6) is -1.12. The second-order valence-corrected chi connectivity index (χ2v) is 5.60. The Balaban J connectivity index is 2.28. The Morgan fingerprint density at radius 3 is 2.67 bits per heavy atom. The normalized spacial score (nSPS) is 10.6. The first-order valence-electron chi connectivity index (χ1n) is 8.04. The molecule has 0 aliphatic heterocycles. The largest absolute Gasteiger partial charge is 0.480 e. The van der Waals surface area contributed by atoms with E-state index in [-0.39, 0.29) is 34.8 Å². The maximum Gasteiger partial charge on any atom is 0.343 e. The molecule has 0 saturated carbocycles. The van der Waals surface area contributed by atoms with Crippen molar-refractivity contribution in [1.29, 1.82) is 0 Å². The number of pyridine rings is 1. The first-order valence-corrected chi connectivity index (χ1v) is 8.04. The zero-order valence-corrected chi connectivity index (χ0v) is 14.6. The van der Waals surface area contributed by atoms with Crippen molar-refractivity contribution in [1.82, 2.24) is 4.98 Å². The highest BCUT2D eigenvalue weighted by atomic mass is 19.1. The molecule has 3 aromatic rings. The Labute approximate surface area is 153 Å². The number of rotatable bonds is 5. The van der Waals surface area contributed by atoms with Crippen LogP contribution >= 0.6 is 0 Å². The number of nitrogens with zero attached hydrogens (tertiary/aromatic N) is 2. The highest BCUT2D eigenvalue weighted by molar-refractivity contribution is 5.98. The molecule has 0 N–H and O–H groups in total. The maximum absolute atomic E-state index is 13.6. The van der Waals surface area contributed by atoms with Crippen LogP contribution in [0.5, 0.6) is 5.88 Å². The molecule has 0 bridgehead atoms. The van der Waals surface area contributed by atoms with E-state index in [4.69, 9.17) is 9.47 Å². The zero-order valence-electron chi connectivity index (χ0n) is 14.6. The van der Waals surface area contributed by atoms with E-state index in [2.05, 4.69) is 4.98 Å². The number of benzene rings is 2. The van der Waals surface area contributed by atoms with Gasteiger partial charge in [-0.3, -0.25) is 10.1 Å². The number of hydrogen-bond donors (Lipinski definition) is 0. The number of carbonyl (C=O) groups is 1. The summed E-state index contributed by atoms with van der Waals surface area (Å²) in [6, 6.07) is 9.75. The van der Waals surface area contributed by atoms with E-state index in [9.17, 15) is 19.3 Å². The number of methoxy groups -OCH3 is 1. The first kappa shape index (κ1) is 18.2. The first-order chi connectivity index (χ1) is 12.9. The number of nitro benzene ring substituents is 1. The lowest BCUT2D eigenvalue weighted by Gasteiger charge is -2.10. The molecule has 3 rings (SSSR count). The van der Waals surface area contributed by atoms with Gasteiger partial charge in [-0.2, -0.15) is 0 Å². The molecule has 0 spiro atoms. The minimum absolute atomic E-state index is 0.00811. The lowest BCUT2D eigenvalue weighted by molar-refractivity contribution is -0.384. The fourth-order valence-corrected chi connectivity index (χ4v) is 2.74. The van der Waals surface area contributed by atoms with Crippen molar-refractivity contribution in [3.8, 4) is 17.0 Å². The predicted molar refractivity (Wildman–Crippen MR) is 96.3 cm³/mol. The van der Waals surface area contributed by atoms with Crippen molar-refractivity contribution in [3.05, 3.63) is 64.0 Å². The van der Waals surface area contributed by atoms with E-state index in [1.54, 1.807) is 13.0 Å². The van der Waals surface area contributed by atoms with Gasteiger partial charge in [-0.15, -0.1) is 0 Å². The fraction of sp³-hybridized carbons (Fsp3) is 0.158. The molecular weight excluding hydrogens is 355 g/mol. The summed E-state index contributed by atoms with van der Waals surface area (Å²) in [7, 11) is 1.34. The molecule has 1 aromatic heterocycles. The highest BCUT2D eigenvalue weighted by Crippen LogP contribution is 2.35. The Morgan fingerprint density at radius 1 is 1.26 bits per heavy atom. The van der Waals surface area contributed by atoms with Gasteiger partial charge in [0.05, 0.1) is 29.7 Å². The molecule has 0 fully saturated rings. The molecule has 27 heavy (non-hydrogen) atoms. The van der Waals surface area contributed by atoms with Crippen LogP contribution in [0.1, 0.15) is 17.3 Å². The molecule has 0 amide bonds. The molecular formula is C19H15FN2O5. The summed E-state index contributed by atoms with van der Waals surface area (Å²) >= 11 is 0. The van der Waals surface area contributed by atoms with Crippen LogP contribution in [0.15, 0.2) is 42.5 Å².